The van der Waals surface area contributed by atoms with Crippen molar-refractivity contribution in [1.29, 1.82) is 0 Å². The van der Waals surface area contributed by atoms with E-state index in [0.717, 1.165) is 12.8 Å². The van der Waals surface area contributed by atoms with Crippen LogP contribution in [0.1, 0.15) is 23.2 Å². The zero-order valence-electron chi connectivity index (χ0n) is 16.7. The number of methoxy groups -OCH3 is 2. The van der Waals surface area contributed by atoms with Gasteiger partial charge in [-0.2, -0.15) is 0 Å². The van der Waals surface area contributed by atoms with Gasteiger partial charge in [0.05, 0.1) is 14.2 Å². The van der Waals surface area contributed by atoms with Gasteiger partial charge < -0.3 is 24.4 Å². The van der Waals surface area contributed by atoms with E-state index in [4.69, 9.17) is 14.2 Å². The molecule has 2 amide bonds. The van der Waals surface area contributed by atoms with Crippen LogP contribution in [0.4, 0.5) is 4.79 Å². The minimum absolute atomic E-state index is 0.156. The Morgan fingerprint density at radius 3 is 2.34 bits per heavy atom. The lowest BCUT2D eigenvalue weighted by Crippen LogP contribution is -2.42. The molecular weight excluding hydrogens is 372 g/mol. The number of hydrogen-bond acceptors (Lipinski definition) is 5. The van der Waals surface area contributed by atoms with E-state index in [9.17, 15) is 9.59 Å². The first-order valence-corrected chi connectivity index (χ1v) is 9.62. The summed E-state index contributed by atoms with van der Waals surface area (Å²) in [5, 5.41) is 2.97. The molecule has 1 N–H and O–H groups in total. The van der Waals surface area contributed by atoms with Crippen molar-refractivity contribution >= 4 is 12.0 Å². The molecule has 0 aliphatic carbocycles. The number of amides is 2. The van der Waals surface area contributed by atoms with Crippen molar-refractivity contribution in [2.75, 3.05) is 33.9 Å². The molecule has 154 valence electrons. The van der Waals surface area contributed by atoms with Crippen LogP contribution in [0.25, 0.3) is 0 Å². The number of para-hydroxylation sites is 1. The van der Waals surface area contributed by atoms with Gasteiger partial charge >= 0.3 is 6.09 Å². The van der Waals surface area contributed by atoms with Crippen molar-refractivity contribution in [2.24, 2.45) is 5.92 Å². The molecule has 1 aliphatic rings. The van der Waals surface area contributed by atoms with Crippen LogP contribution in [0.15, 0.2) is 48.5 Å². The summed E-state index contributed by atoms with van der Waals surface area (Å²) in [6, 6.07) is 14.1. The Morgan fingerprint density at radius 2 is 1.69 bits per heavy atom. The number of likely N-dealkylation sites (tertiary alicyclic amines) is 1. The van der Waals surface area contributed by atoms with Gasteiger partial charge in [-0.1, -0.05) is 18.2 Å². The molecule has 1 fully saturated rings. The summed E-state index contributed by atoms with van der Waals surface area (Å²) >= 11 is 0. The average molecular weight is 398 g/mol. The number of carbonyl (C=O) groups is 2. The summed E-state index contributed by atoms with van der Waals surface area (Å²) in [5.74, 6) is 1.81. The van der Waals surface area contributed by atoms with Gasteiger partial charge in [0.1, 0.15) is 5.75 Å². The zero-order valence-corrected chi connectivity index (χ0v) is 16.7. The number of piperidine rings is 1. The molecule has 2 aromatic rings. The molecule has 0 atom stereocenters. The maximum Gasteiger partial charge on any atom is 0.415 e. The Balaban J connectivity index is 1.45. The van der Waals surface area contributed by atoms with Crippen LogP contribution in [-0.4, -0.2) is 50.8 Å². The number of benzene rings is 2. The molecule has 0 unspecified atom stereocenters. The molecule has 1 heterocycles. The lowest BCUT2D eigenvalue weighted by Gasteiger charge is -2.31. The topological polar surface area (TPSA) is 77.1 Å². The van der Waals surface area contributed by atoms with Crippen LogP contribution < -0.4 is 19.5 Å². The van der Waals surface area contributed by atoms with E-state index in [1.165, 1.54) is 7.11 Å². The highest BCUT2D eigenvalue weighted by molar-refractivity contribution is 5.94. The molecule has 7 heteroatoms. The predicted octanol–water partition coefficient (Wildman–Crippen LogP) is 3.34. The van der Waals surface area contributed by atoms with E-state index in [-0.39, 0.29) is 12.0 Å². The summed E-state index contributed by atoms with van der Waals surface area (Å²) in [4.78, 5) is 26.4. The summed E-state index contributed by atoms with van der Waals surface area (Å²) in [6.07, 6.45) is 1.30. The van der Waals surface area contributed by atoms with E-state index in [1.54, 1.807) is 42.3 Å². The molecule has 0 aromatic heterocycles. The van der Waals surface area contributed by atoms with Crippen molar-refractivity contribution in [3.05, 3.63) is 54.1 Å². The second-order valence-electron chi connectivity index (χ2n) is 6.89. The largest absolute Gasteiger partial charge is 0.493 e. The molecule has 0 radical (unpaired) electrons. The molecule has 0 saturated carbocycles. The van der Waals surface area contributed by atoms with Crippen LogP contribution in [0.5, 0.6) is 17.2 Å². The number of nitrogens with zero attached hydrogens (tertiary/aromatic N) is 1. The Morgan fingerprint density at radius 1 is 1.00 bits per heavy atom. The summed E-state index contributed by atoms with van der Waals surface area (Å²) in [7, 11) is 3.09. The van der Waals surface area contributed by atoms with Crippen LogP contribution in [0.2, 0.25) is 0 Å². The smallest absolute Gasteiger partial charge is 0.415 e. The third-order valence-electron chi connectivity index (χ3n) is 5.02. The van der Waals surface area contributed by atoms with Gasteiger partial charge in [0.25, 0.3) is 5.91 Å². The fourth-order valence-electron chi connectivity index (χ4n) is 3.29. The van der Waals surface area contributed by atoms with Crippen LogP contribution in [-0.2, 0) is 0 Å². The lowest BCUT2D eigenvalue weighted by atomic mass is 9.97. The highest BCUT2D eigenvalue weighted by Gasteiger charge is 2.24. The Kier molecular flexibility index (Phi) is 6.94. The van der Waals surface area contributed by atoms with Gasteiger partial charge in [0.15, 0.2) is 11.5 Å². The van der Waals surface area contributed by atoms with Crippen LogP contribution >= 0.6 is 0 Å². The Bertz CT molecular complexity index is 832. The summed E-state index contributed by atoms with van der Waals surface area (Å²) in [5.41, 5.74) is 0.520. The number of rotatable bonds is 6. The minimum Gasteiger partial charge on any atom is -0.493 e. The van der Waals surface area contributed by atoms with Crippen molar-refractivity contribution in [3.8, 4) is 17.2 Å². The van der Waals surface area contributed by atoms with Gasteiger partial charge in [-0.15, -0.1) is 0 Å². The van der Waals surface area contributed by atoms with Gasteiger partial charge in [0.2, 0.25) is 0 Å². The average Bonchev–Trinajstić information content (AvgIpc) is 2.78. The van der Waals surface area contributed by atoms with Gasteiger partial charge in [-0.3, -0.25) is 4.79 Å². The second kappa shape index (κ2) is 9.82. The fraction of sp³-hybridized carbons (Fsp3) is 0.364. The monoisotopic (exact) mass is 398 g/mol. The highest BCUT2D eigenvalue weighted by atomic mass is 16.6. The number of hydrogen-bond donors (Lipinski definition) is 1. The lowest BCUT2D eigenvalue weighted by molar-refractivity contribution is 0.0931. The highest BCUT2D eigenvalue weighted by Crippen LogP contribution is 2.27. The zero-order chi connectivity index (χ0) is 20.6. The van der Waals surface area contributed by atoms with E-state index in [1.807, 2.05) is 18.2 Å². The first kappa shape index (κ1) is 20.5. The summed E-state index contributed by atoms with van der Waals surface area (Å²) < 4.78 is 15.8. The molecule has 29 heavy (non-hydrogen) atoms. The van der Waals surface area contributed by atoms with Gasteiger partial charge in [-0.25, -0.2) is 4.79 Å². The number of nitrogens with one attached hydrogen (secondary N) is 1. The minimum atomic E-state index is -0.330. The van der Waals surface area contributed by atoms with E-state index >= 15 is 0 Å². The van der Waals surface area contributed by atoms with Crippen LogP contribution in [0.3, 0.4) is 0 Å². The van der Waals surface area contributed by atoms with Crippen molar-refractivity contribution in [2.45, 2.75) is 12.8 Å². The molecule has 1 aliphatic heterocycles. The molecule has 0 spiro atoms. The van der Waals surface area contributed by atoms with E-state index in [0.29, 0.717) is 48.4 Å². The maximum atomic E-state index is 12.4. The van der Waals surface area contributed by atoms with Gasteiger partial charge in [0, 0.05) is 25.2 Å². The van der Waals surface area contributed by atoms with E-state index < -0.39 is 0 Å². The normalized spacial score (nSPS) is 14.2. The SMILES string of the molecule is COc1ccc(C(=O)NCC2CCN(C(=O)Oc3ccccc3)CC2)cc1OC. The maximum absolute atomic E-state index is 12.4. The van der Waals surface area contributed by atoms with Gasteiger partial charge in [-0.05, 0) is 49.1 Å². The Labute approximate surface area is 170 Å². The van der Waals surface area contributed by atoms with Crippen molar-refractivity contribution < 1.29 is 23.8 Å². The van der Waals surface area contributed by atoms with Crippen molar-refractivity contribution in [1.82, 2.24) is 10.2 Å². The van der Waals surface area contributed by atoms with E-state index in [2.05, 4.69) is 5.32 Å². The third-order valence-corrected chi connectivity index (χ3v) is 5.02. The molecule has 1 saturated heterocycles. The number of ether oxygens (including phenoxy) is 3. The molecular formula is C22H26N2O5. The first-order valence-electron chi connectivity index (χ1n) is 9.62. The fourth-order valence-corrected chi connectivity index (χ4v) is 3.29. The predicted molar refractivity (Wildman–Crippen MR) is 109 cm³/mol. The quantitative estimate of drug-likeness (QED) is 0.808. The molecule has 0 bridgehead atoms. The summed E-state index contributed by atoms with van der Waals surface area (Å²) in [6.45, 7) is 1.79. The Hall–Kier alpha value is -3.22. The standard InChI is InChI=1S/C22H26N2O5/c1-27-19-9-8-17(14-20(19)28-2)21(25)23-15-16-10-12-24(13-11-16)22(26)29-18-6-4-3-5-7-18/h3-9,14,16H,10-13,15H2,1-2H3,(H,23,25). The first-order chi connectivity index (χ1) is 14.1. The third kappa shape index (κ3) is 5.40. The van der Waals surface area contributed by atoms with Crippen LogP contribution in [0, 0.1) is 5.92 Å². The van der Waals surface area contributed by atoms with Crippen molar-refractivity contribution in [3.63, 3.8) is 0 Å². The second-order valence-corrected chi connectivity index (χ2v) is 6.89. The number of carbonyl (C=O) groups excluding carboxylic acids is 2. The molecule has 2 aromatic carbocycles. The molecule has 3 rings (SSSR count). The molecule has 7 nitrogen and oxygen atoms in total.